The molecule has 142 valence electrons. The first kappa shape index (κ1) is 18.3. The smallest absolute Gasteiger partial charge is 0.195 e. The molecule has 0 atom stereocenters. The van der Waals surface area contributed by atoms with E-state index in [0.29, 0.717) is 36.1 Å². The molecular formula is C22H20N2O3S. The van der Waals surface area contributed by atoms with Gasteiger partial charge in [0.1, 0.15) is 11.4 Å². The van der Waals surface area contributed by atoms with Gasteiger partial charge in [-0.05, 0) is 37.6 Å². The molecule has 5 nitrogen and oxygen atoms in total. The summed E-state index contributed by atoms with van der Waals surface area (Å²) in [7, 11) is 0. The Hall–Kier alpha value is -3.12. The number of carbonyl (C=O) groups excluding carboxylic acids is 1. The third-order valence-corrected chi connectivity index (χ3v) is 5.38. The van der Waals surface area contributed by atoms with Gasteiger partial charge in [-0.3, -0.25) is 9.20 Å². The second-order valence-corrected chi connectivity index (χ2v) is 7.11. The molecule has 0 spiro atoms. The standard InChI is InChI=1S/C22H20N2O3S/c1-3-26-18-11-10-16(12-19(18)27-4-2)21-17(14-25)24-13-20(28-22(24)23-21)15-8-6-5-7-9-15/h5-14H,3-4H2,1-2H3. The minimum absolute atomic E-state index is 0.528. The highest BCUT2D eigenvalue weighted by molar-refractivity contribution is 7.20. The number of hydrogen-bond acceptors (Lipinski definition) is 5. The van der Waals surface area contributed by atoms with Crippen molar-refractivity contribution in [2.75, 3.05) is 13.2 Å². The van der Waals surface area contributed by atoms with Crippen LogP contribution in [-0.4, -0.2) is 28.9 Å². The van der Waals surface area contributed by atoms with Crippen molar-refractivity contribution < 1.29 is 14.3 Å². The van der Waals surface area contributed by atoms with Crippen LogP contribution in [0.3, 0.4) is 0 Å². The number of imidazole rings is 1. The van der Waals surface area contributed by atoms with Gasteiger partial charge in [-0.15, -0.1) is 0 Å². The Kier molecular flexibility index (Phi) is 5.12. The van der Waals surface area contributed by atoms with Crippen LogP contribution in [0.2, 0.25) is 0 Å². The fourth-order valence-electron chi connectivity index (χ4n) is 3.12. The molecule has 0 fully saturated rings. The lowest BCUT2D eigenvalue weighted by molar-refractivity contribution is 0.111. The molecule has 4 aromatic rings. The lowest BCUT2D eigenvalue weighted by Gasteiger charge is -2.12. The maximum absolute atomic E-state index is 11.9. The van der Waals surface area contributed by atoms with Crippen molar-refractivity contribution in [2.45, 2.75) is 13.8 Å². The lowest BCUT2D eigenvalue weighted by atomic mass is 10.1. The van der Waals surface area contributed by atoms with Crippen LogP contribution in [0, 0.1) is 0 Å². The van der Waals surface area contributed by atoms with Gasteiger partial charge in [0.15, 0.2) is 22.7 Å². The monoisotopic (exact) mass is 392 g/mol. The number of benzene rings is 2. The number of fused-ring (bicyclic) bond motifs is 1. The topological polar surface area (TPSA) is 52.8 Å². The van der Waals surface area contributed by atoms with E-state index in [1.165, 1.54) is 0 Å². The van der Waals surface area contributed by atoms with Crippen LogP contribution in [0.15, 0.2) is 54.7 Å². The highest BCUT2D eigenvalue weighted by Gasteiger charge is 2.18. The third-order valence-electron chi connectivity index (χ3n) is 4.35. The summed E-state index contributed by atoms with van der Waals surface area (Å²) >= 11 is 1.56. The number of aromatic nitrogens is 2. The average Bonchev–Trinajstić information content (AvgIpc) is 3.28. The van der Waals surface area contributed by atoms with Gasteiger partial charge < -0.3 is 9.47 Å². The fraction of sp³-hybridized carbons (Fsp3) is 0.182. The van der Waals surface area contributed by atoms with Crippen LogP contribution in [0.25, 0.3) is 26.7 Å². The first-order valence-electron chi connectivity index (χ1n) is 9.17. The molecule has 2 heterocycles. The molecule has 2 aromatic carbocycles. The Bertz CT molecular complexity index is 1120. The average molecular weight is 392 g/mol. The molecular weight excluding hydrogens is 372 g/mol. The Morgan fingerprint density at radius 1 is 1.00 bits per heavy atom. The Morgan fingerprint density at radius 3 is 2.46 bits per heavy atom. The molecule has 0 bridgehead atoms. The van der Waals surface area contributed by atoms with E-state index < -0.39 is 0 Å². The van der Waals surface area contributed by atoms with Gasteiger partial charge in [0, 0.05) is 11.8 Å². The second-order valence-electron chi connectivity index (χ2n) is 6.11. The van der Waals surface area contributed by atoms with Crippen molar-refractivity contribution in [1.82, 2.24) is 9.38 Å². The zero-order valence-corrected chi connectivity index (χ0v) is 16.5. The van der Waals surface area contributed by atoms with Crippen LogP contribution in [0.5, 0.6) is 11.5 Å². The fourth-order valence-corrected chi connectivity index (χ4v) is 4.12. The van der Waals surface area contributed by atoms with Crippen LogP contribution in [-0.2, 0) is 0 Å². The molecule has 0 saturated carbocycles. The summed E-state index contributed by atoms with van der Waals surface area (Å²) in [5.74, 6) is 1.34. The largest absolute Gasteiger partial charge is 0.490 e. The summed E-state index contributed by atoms with van der Waals surface area (Å²) in [6.45, 7) is 4.95. The van der Waals surface area contributed by atoms with Crippen molar-refractivity contribution >= 4 is 22.6 Å². The van der Waals surface area contributed by atoms with Crippen LogP contribution < -0.4 is 9.47 Å². The first-order valence-corrected chi connectivity index (χ1v) is 9.99. The molecule has 0 aliphatic rings. The Balaban J connectivity index is 1.80. The molecule has 0 amide bonds. The zero-order chi connectivity index (χ0) is 19.5. The summed E-state index contributed by atoms with van der Waals surface area (Å²) in [4.78, 5) is 18.5. The van der Waals surface area contributed by atoms with E-state index in [9.17, 15) is 4.79 Å². The van der Waals surface area contributed by atoms with Gasteiger partial charge in [0.25, 0.3) is 0 Å². The molecule has 0 aliphatic heterocycles. The Labute approximate surface area is 167 Å². The molecule has 6 heteroatoms. The van der Waals surface area contributed by atoms with Crippen molar-refractivity contribution in [1.29, 1.82) is 0 Å². The van der Waals surface area contributed by atoms with Crippen LogP contribution in [0.1, 0.15) is 24.3 Å². The second kappa shape index (κ2) is 7.86. The molecule has 0 saturated heterocycles. The van der Waals surface area contributed by atoms with E-state index in [-0.39, 0.29) is 0 Å². The number of hydrogen-bond donors (Lipinski definition) is 0. The van der Waals surface area contributed by atoms with E-state index in [2.05, 4.69) is 0 Å². The SMILES string of the molecule is CCOc1ccc(-c2nc3sc(-c4ccccc4)cn3c2C=O)cc1OCC. The summed E-state index contributed by atoms with van der Waals surface area (Å²) in [5, 5.41) is 0. The van der Waals surface area contributed by atoms with Crippen molar-refractivity contribution in [3.05, 3.63) is 60.4 Å². The predicted octanol–water partition coefficient (Wildman–Crippen LogP) is 5.34. The minimum atomic E-state index is 0.528. The van der Waals surface area contributed by atoms with Crippen molar-refractivity contribution in [2.24, 2.45) is 0 Å². The molecule has 2 aromatic heterocycles. The summed E-state index contributed by atoms with van der Waals surface area (Å²) < 4.78 is 13.2. The highest BCUT2D eigenvalue weighted by Crippen LogP contribution is 2.36. The van der Waals surface area contributed by atoms with Gasteiger partial charge in [0.05, 0.1) is 18.1 Å². The molecule has 0 N–H and O–H groups in total. The van der Waals surface area contributed by atoms with Crippen molar-refractivity contribution in [3.8, 4) is 33.2 Å². The van der Waals surface area contributed by atoms with E-state index in [1.807, 2.05) is 73.0 Å². The number of ether oxygens (including phenoxy) is 2. The first-order chi connectivity index (χ1) is 13.7. The van der Waals surface area contributed by atoms with E-state index >= 15 is 0 Å². The maximum Gasteiger partial charge on any atom is 0.195 e. The third kappa shape index (κ3) is 3.27. The number of carbonyl (C=O) groups is 1. The minimum Gasteiger partial charge on any atom is -0.490 e. The predicted molar refractivity (Wildman–Crippen MR) is 112 cm³/mol. The molecule has 0 aliphatic carbocycles. The van der Waals surface area contributed by atoms with Gasteiger partial charge in [-0.2, -0.15) is 0 Å². The lowest BCUT2D eigenvalue weighted by Crippen LogP contribution is -1.99. The molecule has 28 heavy (non-hydrogen) atoms. The summed E-state index contributed by atoms with van der Waals surface area (Å²) in [5.41, 5.74) is 3.10. The normalized spacial score (nSPS) is 10.9. The summed E-state index contributed by atoms with van der Waals surface area (Å²) in [6.07, 6.45) is 2.82. The highest BCUT2D eigenvalue weighted by atomic mass is 32.1. The van der Waals surface area contributed by atoms with E-state index in [4.69, 9.17) is 14.5 Å². The molecule has 4 rings (SSSR count). The maximum atomic E-state index is 11.9. The number of thiazole rings is 1. The van der Waals surface area contributed by atoms with Gasteiger partial charge in [-0.25, -0.2) is 4.98 Å². The van der Waals surface area contributed by atoms with Crippen molar-refractivity contribution in [3.63, 3.8) is 0 Å². The van der Waals surface area contributed by atoms with E-state index in [1.54, 1.807) is 11.3 Å². The Morgan fingerprint density at radius 2 is 1.75 bits per heavy atom. The summed E-state index contributed by atoms with van der Waals surface area (Å²) in [6, 6.07) is 15.7. The quantitative estimate of drug-likeness (QED) is 0.398. The van der Waals surface area contributed by atoms with Gasteiger partial charge in [-0.1, -0.05) is 41.7 Å². The molecule has 0 unspecified atom stereocenters. The van der Waals surface area contributed by atoms with Gasteiger partial charge in [0.2, 0.25) is 0 Å². The van der Waals surface area contributed by atoms with Gasteiger partial charge >= 0.3 is 0 Å². The number of nitrogens with zero attached hydrogens (tertiary/aromatic N) is 2. The number of aldehydes is 1. The van der Waals surface area contributed by atoms with Crippen LogP contribution >= 0.6 is 11.3 Å². The van der Waals surface area contributed by atoms with E-state index in [0.717, 1.165) is 27.3 Å². The van der Waals surface area contributed by atoms with Crippen LogP contribution in [0.4, 0.5) is 0 Å². The zero-order valence-electron chi connectivity index (χ0n) is 15.7. The number of rotatable bonds is 7. The molecule has 0 radical (unpaired) electrons.